The molecule has 0 atom stereocenters. The Kier molecular flexibility index (Phi) is 657. The second-order valence-corrected chi connectivity index (χ2v) is 0. The van der Waals surface area contributed by atoms with E-state index in [2.05, 4.69) is 39.6 Å². The topological polar surface area (TPSA) is 0 Å². The van der Waals surface area contributed by atoms with Gasteiger partial charge in [-0.05, 0) is 16.0 Å². The van der Waals surface area contributed by atoms with Crippen molar-refractivity contribution in [1.82, 2.24) is 0 Å². The van der Waals surface area contributed by atoms with Gasteiger partial charge in [0.25, 0.3) is 0 Å². The fourth-order valence-electron chi connectivity index (χ4n) is 0. The van der Waals surface area contributed by atoms with Crippen LogP contribution in [0.3, 0.4) is 0 Å². The van der Waals surface area contributed by atoms with Gasteiger partial charge in [-0.1, -0.05) is 38.5 Å². The third-order valence-corrected chi connectivity index (χ3v) is 0. The highest BCUT2D eigenvalue weighted by molar-refractivity contribution is 7.89. The molecule has 0 radical (unpaired) electrons. The first-order valence-electron chi connectivity index (χ1n) is 0.408. The average Bonchev–Trinajstić information content (AvgIpc) is 1.50. The van der Waals surface area contributed by atoms with E-state index < -0.39 is 0 Å². The second-order valence-electron chi connectivity index (χ2n) is 0. The van der Waals surface area contributed by atoms with Crippen molar-refractivity contribution in [3.8, 4) is 0 Å². The summed E-state index contributed by atoms with van der Waals surface area (Å²) in [6, 6.07) is 0. The lowest BCUT2D eigenvalue weighted by Gasteiger charge is -0.760. The summed E-state index contributed by atoms with van der Waals surface area (Å²) in [5.74, 6) is 0. The molecule has 0 amide bonds. The van der Waals surface area contributed by atoms with E-state index in [0.717, 1.165) is 0 Å². The highest BCUT2D eigenvalue weighted by atomic mass is 32.4. The molecule has 6 heavy (non-hydrogen) atoms. The first-order valence-corrected chi connectivity index (χ1v) is 3.67. The second kappa shape index (κ2) is 142. The Bertz CT molecular complexity index is 11.5. The Balaban J connectivity index is -0.00000000500. The first kappa shape index (κ1) is 27.8. The standard InChI is InChI=1S/2CH4.2HPS/c;;2*1-2/h2*1H4;2*1H. The Morgan fingerprint density at radius 1 is 0.667 bits per heavy atom. The molecule has 0 aromatic heterocycles. The molecule has 0 aliphatic heterocycles. The minimum Gasteiger partial charge on any atom is -0.0776 e. The summed E-state index contributed by atoms with van der Waals surface area (Å²) in [5.41, 5.74) is 0. The lowest BCUT2D eigenvalue weighted by molar-refractivity contribution is 2.50. The van der Waals surface area contributed by atoms with Crippen molar-refractivity contribution in [3.63, 3.8) is 0 Å². The normalized spacial score (nSPS) is 1.33. The molecule has 0 saturated carbocycles. The summed E-state index contributed by atoms with van der Waals surface area (Å²) >= 11 is 7.78. The van der Waals surface area contributed by atoms with Crippen LogP contribution in [0.2, 0.25) is 0 Å². The van der Waals surface area contributed by atoms with Crippen molar-refractivity contribution in [2.75, 3.05) is 0 Å². The van der Waals surface area contributed by atoms with Gasteiger partial charge in [-0.15, -0.1) is 0 Å². The van der Waals surface area contributed by atoms with Crippen LogP contribution >= 0.6 is 16.0 Å². The van der Waals surface area contributed by atoms with Gasteiger partial charge in [0.05, 0.1) is 0 Å². The molecular formula is C2H10P2S2. The minimum absolute atomic E-state index is 0. The SMILES string of the molecule is C.C.P=S.P=S. The molecule has 0 aromatic rings. The van der Waals surface area contributed by atoms with Crippen molar-refractivity contribution in [2.24, 2.45) is 0 Å². The highest BCUT2D eigenvalue weighted by Crippen LogP contribution is 1.26. The molecule has 0 unspecified atom stereocenters. The zero-order valence-corrected chi connectivity index (χ0v) is 5.45. The quantitative estimate of drug-likeness (QED) is 0.499. The van der Waals surface area contributed by atoms with E-state index in [1.807, 2.05) is 0 Å². The smallest absolute Gasteiger partial charge is 0.0437 e. The maximum atomic E-state index is 3.89. The van der Waals surface area contributed by atoms with Gasteiger partial charge in [-0.25, -0.2) is 0 Å². The van der Waals surface area contributed by atoms with Crippen LogP contribution in [0.4, 0.5) is 0 Å². The van der Waals surface area contributed by atoms with E-state index in [-0.39, 0.29) is 14.9 Å². The van der Waals surface area contributed by atoms with Crippen molar-refractivity contribution in [3.05, 3.63) is 0 Å². The molecule has 0 bridgehead atoms. The van der Waals surface area contributed by atoms with E-state index in [0.29, 0.717) is 0 Å². The molecule has 0 aromatic carbocycles. The first-order chi connectivity index (χ1) is 2.00. The third-order valence-electron chi connectivity index (χ3n) is 0. The van der Waals surface area contributed by atoms with Crippen LogP contribution in [0.1, 0.15) is 14.9 Å². The molecule has 4 heteroatoms. The molecule has 0 heterocycles. The van der Waals surface area contributed by atoms with E-state index in [1.54, 1.807) is 0 Å². The lowest BCUT2D eigenvalue weighted by Crippen LogP contribution is -0.399. The van der Waals surface area contributed by atoms with E-state index in [4.69, 9.17) is 0 Å². The van der Waals surface area contributed by atoms with Crippen LogP contribution in [0.5, 0.6) is 0 Å². The summed E-state index contributed by atoms with van der Waals surface area (Å²) in [5, 5.41) is 0. The van der Waals surface area contributed by atoms with Gasteiger partial charge in [-0.2, -0.15) is 0 Å². The molecule has 0 saturated heterocycles. The van der Waals surface area contributed by atoms with Crippen molar-refractivity contribution in [1.29, 1.82) is 0 Å². The Morgan fingerprint density at radius 3 is 0.667 bits per heavy atom. The monoisotopic (exact) mass is 160 g/mol. The molecular weight excluding hydrogens is 150 g/mol. The zero-order valence-electron chi connectivity index (χ0n) is 1.82. The van der Waals surface area contributed by atoms with Gasteiger partial charge >= 0.3 is 0 Å². The Morgan fingerprint density at radius 2 is 0.667 bits per heavy atom. The van der Waals surface area contributed by atoms with Gasteiger partial charge < -0.3 is 0 Å². The molecule has 0 aliphatic carbocycles. The number of hydrogen-bond donors (Lipinski definition) is 0. The lowest BCUT2D eigenvalue weighted by atomic mass is 12.0. The maximum Gasteiger partial charge on any atom is -0.0437 e. The van der Waals surface area contributed by atoms with Crippen LogP contribution in [0.15, 0.2) is 0 Å². The van der Waals surface area contributed by atoms with E-state index in [1.165, 1.54) is 0 Å². The fraction of sp³-hybridized carbons (Fsp3) is 1.00. The van der Waals surface area contributed by atoms with Gasteiger partial charge in [0.1, 0.15) is 0 Å². The van der Waals surface area contributed by atoms with Gasteiger partial charge in [0, 0.05) is 0 Å². The molecule has 0 nitrogen and oxygen atoms in total. The molecule has 0 fully saturated rings. The summed E-state index contributed by atoms with van der Waals surface area (Å²) < 4.78 is 0. The fourth-order valence-corrected chi connectivity index (χ4v) is 0. The maximum absolute atomic E-state index is 3.89. The average molecular weight is 160 g/mol. The number of rotatable bonds is 0. The predicted octanol–water partition coefficient (Wildman–Crippen LogP) is 2.45. The molecule has 0 spiro atoms. The Hall–Kier alpha value is 1.04. The molecule has 0 rings (SSSR count). The Labute approximate surface area is 54.9 Å². The minimum atomic E-state index is 0. The molecule has 0 aliphatic rings. The highest BCUT2D eigenvalue weighted by Gasteiger charge is 0.657. The zero-order chi connectivity index (χ0) is 4.00. The van der Waals surface area contributed by atoms with Gasteiger partial charge in [-0.3, -0.25) is 0 Å². The van der Waals surface area contributed by atoms with E-state index in [9.17, 15) is 0 Å². The molecule has 0 N–H and O–H groups in total. The summed E-state index contributed by atoms with van der Waals surface area (Å²) in [6.07, 6.45) is 0. The van der Waals surface area contributed by atoms with Gasteiger partial charge in [0.2, 0.25) is 0 Å². The largest absolute Gasteiger partial charge is 0.0776 e. The van der Waals surface area contributed by atoms with Crippen LogP contribution in [-0.2, 0) is 23.6 Å². The van der Waals surface area contributed by atoms with Crippen LogP contribution in [-0.4, -0.2) is 0 Å². The summed E-state index contributed by atoms with van der Waals surface area (Å²) in [4.78, 5) is 0. The van der Waals surface area contributed by atoms with Crippen LogP contribution in [0, 0.1) is 0 Å². The van der Waals surface area contributed by atoms with E-state index >= 15 is 0 Å². The summed E-state index contributed by atoms with van der Waals surface area (Å²) in [6.45, 7) is 0. The van der Waals surface area contributed by atoms with Crippen LogP contribution in [0.25, 0.3) is 0 Å². The third kappa shape index (κ3) is 76.1. The van der Waals surface area contributed by atoms with Crippen molar-refractivity contribution >= 4 is 39.6 Å². The van der Waals surface area contributed by atoms with Crippen LogP contribution < -0.4 is 0 Å². The van der Waals surface area contributed by atoms with Crippen molar-refractivity contribution in [2.45, 2.75) is 14.9 Å². The summed E-state index contributed by atoms with van der Waals surface area (Å²) in [7, 11) is 5.11. The van der Waals surface area contributed by atoms with Gasteiger partial charge in [0.15, 0.2) is 0 Å². The van der Waals surface area contributed by atoms with Crippen molar-refractivity contribution < 1.29 is 0 Å². The predicted molar refractivity (Wildman–Crippen MR) is 44.8 cm³/mol. The molecule has 40 valence electrons. The number of hydrogen-bond acceptors (Lipinski definition) is 2.